The first-order chi connectivity index (χ1) is 26.3. The molecule has 0 radical (unpaired) electrons. The highest BCUT2D eigenvalue weighted by Crippen LogP contribution is 2.40. The lowest BCUT2D eigenvalue weighted by atomic mass is 9.91. The normalized spacial score (nSPS) is 11.8. The van der Waals surface area contributed by atoms with Crippen LogP contribution in [0.25, 0.3) is 110 Å². The van der Waals surface area contributed by atoms with Crippen molar-refractivity contribution in [2.75, 3.05) is 0 Å². The summed E-state index contributed by atoms with van der Waals surface area (Å²) >= 11 is 0. The van der Waals surface area contributed by atoms with Crippen LogP contribution in [-0.2, 0) is 0 Å². The average molecular weight is 675 g/mol. The number of rotatable bonds is 4. The van der Waals surface area contributed by atoms with Crippen LogP contribution in [0.2, 0.25) is 0 Å². The van der Waals surface area contributed by atoms with E-state index in [1.807, 2.05) is 0 Å². The van der Waals surface area contributed by atoms with Crippen LogP contribution in [-0.4, -0.2) is 9.97 Å². The van der Waals surface area contributed by atoms with E-state index in [-0.39, 0.29) is 0 Å². The van der Waals surface area contributed by atoms with Crippen molar-refractivity contribution in [3.8, 4) is 44.6 Å². The van der Waals surface area contributed by atoms with Gasteiger partial charge in [-0.25, -0.2) is 9.97 Å². The summed E-state index contributed by atoms with van der Waals surface area (Å²) in [5.74, 6) is 0. The Hall–Kier alpha value is -7.10. The maximum absolute atomic E-state index is 6.56. The van der Waals surface area contributed by atoms with Gasteiger partial charge in [0.2, 0.25) is 0 Å². The molecule has 0 aliphatic rings. The molecular weight excluding hydrogens is 645 g/mol. The molecule has 53 heavy (non-hydrogen) atoms. The quantitative estimate of drug-likeness (QED) is 0.174. The molecular formula is C50H30N2O. The molecule has 0 unspecified atom stereocenters. The van der Waals surface area contributed by atoms with E-state index in [0.29, 0.717) is 5.58 Å². The first-order valence-electron chi connectivity index (χ1n) is 18.0. The summed E-state index contributed by atoms with van der Waals surface area (Å²) in [5, 5.41) is 11.0. The highest BCUT2D eigenvalue weighted by molar-refractivity contribution is 6.15. The maximum Gasteiger partial charge on any atom is 0.180 e. The van der Waals surface area contributed by atoms with Crippen LogP contribution in [0, 0.1) is 0 Å². The summed E-state index contributed by atoms with van der Waals surface area (Å²) < 4.78 is 6.56. The molecule has 0 aliphatic heterocycles. The maximum atomic E-state index is 6.56. The van der Waals surface area contributed by atoms with Crippen molar-refractivity contribution in [3.05, 3.63) is 182 Å². The van der Waals surface area contributed by atoms with Crippen molar-refractivity contribution in [1.29, 1.82) is 0 Å². The molecule has 0 bridgehead atoms. The zero-order valence-corrected chi connectivity index (χ0v) is 28.6. The van der Waals surface area contributed by atoms with Gasteiger partial charge in [-0.1, -0.05) is 140 Å². The molecule has 9 aromatic carbocycles. The van der Waals surface area contributed by atoms with Gasteiger partial charge in [0.25, 0.3) is 0 Å². The Bertz CT molecular complexity index is 3250. The predicted molar refractivity (Wildman–Crippen MR) is 221 cm³/mol. The topological polar surface area (TPSA) is 38.9 Å². The largest absolute Gasteiger partial charge is 0.452 e. The second-order valence-electron chi connectivity index (χ2n) is 13.8. The molecule has 0 aliphatic carbocycles. The molecule has 0 atom stereocenters. The summed E-state index contributed by atoms with van der Waals surface area (Å²) in [6.07, 6.45) is 1.66. The van der Waals surface area contributed by atoms with E-state index in [1.54, 1.807) is 6.33 Å². The fraction of sp³-hybridized carbons (Fsp3) is 0. The second-order valence-corrected chi connectivity index (χ2v) is 13.8. The molecule has 2 heterocycles. The van der Waals surface area contributed by atoms with Crippen LogP contribution in [0.4, 0.5) is 0 Å². The van der Waals surface area contributed by atoms with Gasteiger partial charge in [-0.3, -0.25) is 0 Å². The molecule has 0 spiro atoms. The molecule has 3 nitrogen and oxygen atoms in total. The number of hydrogen-bond donors (Lipinski definition) is 0. The van der Waals surface area contributed by atoms with Crippen molar-refractivity contribution in [3.63, 3.8) is 0 Å². The number of benzene rings is 9. The lowest BCUT2D eigenvalue weighted by Gasteiger charge is -2.12. The Morgan fingerprint density at radius 3 is 1.49 bits per heavy atom. The summed E-state index contributed by atoms with van der Waals surface area (Å²) in [7, 11) is 0. The van der Waals surface area contributed by atoms with Crippen molar-refractivity contribution in [2.45, 2.75) is 0 Å². The molecule has 2 aromatic heterocycles. The smallest absolute Gasteiger partial charge is 0.180 e. The fourth-order valence-electron chi connectivity index (χ4n) is 8.25. The standard InChI is InChI=1S/C50H30N2O/c1-3-17-38-35(11-1)28-44(42-21-7-5-19-40(38)42)33-14-9-13-31(25-33)32-23-24-47-46(27-32)49-50(53-47)48(51-30-52-49)37-16-10-15-34(26-37)45-29-36-12-2-4-18-39(36)41-20-6-8-22-43(41)45/h1-30H. The van der Waals surface area contributed by atoms with Gasteiger partial charge < -0.3 is 4.42 Å². The molecule has 3 heteroatoms. The molecule has 0 saturated heterocycles. The van der Waals surface area contributed by atoms with Crippen LogP contribution >= 0.6 is 0 Å². The van der Waals surface area contributed by atoms with Gasteiger partial charge in [0, 0.05) is 10.9 Å². The Labute approximate surface area is 305 Å². The van der Waals surface area contributed by atoms with Gasteiger partial charge in [0.1, 0.15) is 23.1 Å². The lowest BCUT2D eigenvalue weighted by molar-refractivity contribution is 0.667. The summed E-state index contributed by atoms with van der Waals surface area (Å²) in [4.78, 5) is 9.56. The summed E-state index contributed by atoms with van der Waals surface area (Å²) in [6, 6.07) is 63.0. The number of fused-ring (bicyclic) bond motifs is 9. The predicted octanol–water partition coefficient (Wildman–Crippen LogP) is 13.7. The highest BCUT2D eigenvalue weighted by atomic mass is 16.3. The summed E-state index contributed by atoms with van der Waals surface area (Å²) in [6.45, 7) is 0. The highest BCUT2D eigenvalue weighted by Gasteiger charge is 2.17. The third-order valence-electron chi connectivity index (χ3n) is 10.7. The van der Waals surface area contributed by atoms with Gasteiger partial charge in [-0.2, -0.15) is 0 Å². The lowest BCUT2D eigenvalue weighted by Crippen LogP contribution is -1.89. The minimum Gasteiger partial charge on any atom is -0.452 e. The van der Waals surface area contributed by atoms with Crippen LogP contribution in [0.3, 0.4) is 0 Å². The monoisotopic (exact) mass is 674 g/mol. The zero-order chi connectivity index (χ0) is 34.9. The number of furan rings is 1. The Balaban J connectivity index is 1.02. The zero-order valence-electron chi connectivity index (χ0n) is 28.6. The van der Waals surface area contributed by atoms with Crippen molar-refractivity contribution in [2.24, 2.45) is 0 Å². The SMILES string of the molecule is c1cc(-c2ccc3oc4c(-c5cccc(-c6cc7ccccc7c7ccccc67)c5)ncnc4c3c2)cc(-c2cc3ccccc3c3ccccc23)c1. The van der Waals surface area contributed by atoms with E-state index in [2.05, 4.69) is 176 Å². The summed E-state index contributed by atoms with van der Waals surface area (Å²) in [5.41, 5.74) is 11.1. The minimum absolute atomic E-state index is 0.691. The molecule has 246 valence electrons. The molecule has 11 aromatic rings. The first kappa shape index (κ1) is 29.6. The number of aromatic nitrogens is 2. The van der Waals surface area contributed by atoms with E-state index in [9.17, 15) is 0 Å². The van der Waals surface area contributed by atoms with Crippen LogP contribution in [0.15, 0.2) is 187 Å². The third-order valence-corrected chi connectivity index (χ3v) is 10.7. The van der Waals surface area contributed by atoms with Crippen LogP contribution in [0.5, 0.6) is 0 Å². The average Bonchev–Trinajstić information content (AvgIpc) is 3.61. The van der Waals surface area contributed by atoms with E-state index in [1.165, 1.54) is 59.8 Å². The van der Waals surface area contributed by atoms with E-state index in [4.69, 9.17) is 14.4 Å². The van der Waals surface area contributed by atoms with Gasteiger partial charge in [-0.05, 0) is 113 Å². The van der Waals surface area contributed by atoms with Crippen LogP contribution in [0.1, 0.15) is 0 Å². The van der Waals surface area contributed by atoms with E-state index >= 15 is 0 Å². The van der Waals surface area contributed by atoms with Gasteiger partial charge in [0.05, 0.1) is 0 Å². The van der Waals surface area contributed by atoms with Crippen LogP contribution < -0.4 is 0 Å². The second kappa shape index (κ2) is 11.7. The van der Waals surface area contributed by atoms with Crippen molar-refractivity contribution >= 4 is 65.2 Å². The molecule has 0 N–H and O–H groups in total. The third kappa shape index (κ3) is 4.75. The Morgan fingerprint density at radius 1 is 0.340 bits per heavy atom. The Kier molecular flexibility index (Phi) is 6.55. The van der Waals surface area contributed by atoms with Crippen molar-refractivity contribution < 1.29 is 4.42 Å². The molecule has 11 rings (SSSR count). The minimum atomic E-state index is 0.691. The fourth-order valence-corrected chi connectivity index (χ4v) is 8.25. The Morgan fingerprint density at radius 2 is 0.849 bits per heavy atom. The first-order valence-corrected chi connectivity index (χ1v) is 18.0. The molecule has 0 saturated carbocycles. The number of nitrogens with zero attached hydrogens (tertiary/aromatic N) is 2. The van der Waals surface area contributed by atoms with Gasteiger partial charge >= 0.3 is 0 Å². The molecule has 0 amide bonds. The van der Waals surface area contributed by atoms with E-state index in [0.717, 1.165) is 44.4 Å². The van der Waals surface area contributed by atoms with Crippen molar-refractivity contribution in [1.82, 2.24) is 9.97 Å². The molecule has 0 fully saturated rings. The van der Waals surface area contributed by atoms with Gasteiger partial charge in [-0.15, -0.1) is 0 Å². The van der Waals surface area contributed by atoms with Gasteiger partial charge in [0.15, 0.2) is 5.58 Å². The van der Waals surface area contributed by atoms with E-state index < -0.39 is 0 Å². The number of hydrogen-bond acceptors (Lipinski definition) is 3.